The Bertz CT molecular complexity index is 1200. The van der Waals surface area contributed by atoms with Crippen LogP contribution in [0.15, 0.2) is 65.8 Å². The van der Waals surface area contributed by atoms with Gasteiger partial charge in [0.25, 0.3) is 11.8 Å². The Kier molecular flexibility index (Phi) is 7.57. The molecule has 0 fully saturated rings. The average Bonchev–Trinajstić information content (AvgIpc) is 2.73. The normalized spacial score (nSPS) is 11.2. The molecule has 2 amide bonds. The highest BCUT2D eigenvalue weighted by Gasteiger charge is 2.12. The number of nitrogens with zero attached hydrogens (tertiary/aromatic N) is 1. The summed E-state index contributed by atoms with van der Waals surface area (Å²) in [6.07, 6.45) is 0. The first-order valence-corrected chi connectivity index (χ1v) is 10.4. The maximum Gasteiger partial charge on any atom is 0.271 e. The molecular weight excluding hydrogens is 480 g/mol. The van der Waals surface area contributed by atoms with Crippen molar-refractivity contribution in [3.63, 3.8) is 0 Å². The average molecular weight is 495 g/mol. The van der Waals surface area contributed by atoms with E-state index in [0.29, 0.717) is 38.1 Å². The van der Waals surface area contributed by atoms with E-state index in [1.54, 1.807) is 49.4 Å². The lowest BCUT2D eigenvalue weighted by atomic mass is 10.1. The minimum absolute atomic E-state index is 0.254. The van der Waals surface area contributed by atoms with Crippen molar-refractivity contribution in [1.82, 2.24) is 5.43 Å². The molecule has 31 heavy (non-hydrogen) atoms. The van der Waals surface area contributed by atoms with E-state index < -0.39 is 5.91 Å². The third-order valence-corrected chi connectivity index (χ3v) is 5.51. The van der Waals surface area contributed by atoms with Crippen LogP contribution in [0.4, 0.5) is 5.69 Å². The number of carbonyl (C=O) groups is 2. The van der Waals surface area contributed by atoms with Crippen LogP contribution >= 0.6 is 46.4 Å². The minimum Gasteiger partial charge on any atom is -0.322 e. The highest BCUT2D eigenvalue weighted by molar-refractivity contribution is 6.42. The second kappa shape index (κ2) is 10.2. The zero-order valence-corrected chi connectivity index (χ0v) is 19.1. The molecule has 5 nitrogen and oxygen atoms in total. The molecule has 0 saturated carbocycles. The number of nitrogens with one attached hydrogen (secondary N) is 2. The maximum absolute atomic E-state index is 12.5. The van der Waals surface area contributed by atoms with E-state index in [-0.39, 0.29) is 16.0 Å². The molecule has 0 aromatic heterocycles. The van der Waals surface area contributed by atoms with Crippen molar-refractivity contribution < 1.29 is 9.59 Å². The second-order valence-electron chi connectivity index (χ2n) is 6.43. The van der Waals surface area contributed by atoms with Gasteiger partial charge >= 0.3 is 0 Å². The smallest absolute Gasteiger partial charge is 0.271 e. The molecule has 158 valence electrons. The topological polar surface area (TPSA) is 70.6 Å². The van der Waals surface area contributed by atoms with Crippen molar-refractivity contribution in [2.24, 2.45) is 5.10 Å². The molecule has 0 aliphatic carbocycles. The van der Waals surface area contributed by atoms with Crippen molar-refractivity contribution in [1.29, 1.82) is 0 Å². The van der Waals surface area contributed by atoms with Gasteiger partial charge in [0.15, 0.2) is 0 Å². The summed E-state index contributed by atoms with van der Waals surface area (Å²) in [5, 5.41) is 8.23. The fraction of sp³-hybridized carbons (Fsp3) is 0.0455. The first kappa shape index (κ1) is 23.1. The van der Waals surface area contributed by atoms with Gasteiger partial charge in [-0.1, -0.05) is 58.5 Å². The Morgan fingerprint density at radius 3 is 2.26 bits per heavy atom. The predicted octanol–water partition coefficient (Wildman–Crippen LogP) is 6.71. The van der Waals surface area contributed by atoms with Gasteiger partial charge in [0.05, 0.1) is 26.3 Å². The van der Waals surface area contributed by atoms with Crippen molar-refractivity contribution in [2.45, 2.75) is 6.92 Å². The van der Waals surface area contributed by atoms with E-state index >= 15 is 0 Å². The molecule has 0 bridgehead atoms. The number of hydrogen-bond acceptors (Lipinski definition) is 3. The largest absolute Gasteiger partial charge is 0.322 e. The molecule has 0 aliphatic rings. The molecule has 0 aliphatic heterocycles. The van der Waals surface area contributed by atoms with E-state index in [0.717, 1.165) is 0 Å². The van der Waals surface area contributed by atoms with E-state index in [9.17, 15) is 9.59 Å². The van der Waals surface area contributed by atoms with Crippen molar-refractivity contribution in [2.75, 3.05) is 5.32 Å². The fourth-order valence-corrected chi connectivity index (χ4v) is 3.39. The highest BCUT2D eigenvalue weighted by atomic mass is 35.5. The van der Waals surface area contributed by atoms with Crippen molar-refractivity contribution in [3.05, 3.63) is 97.4 Å². The minimum atomic E-state index is -0.431. The number of rotatable bonds is 5. The fourth-order valence-electron chi connectivity index (χ4n) is 2.60. The van der Waals surface area contributed by atoms with Crippen LogP contribution in [0.3, 0.4) is 0 Å². The summed E-state index contributed by atoms with van der Waals surface area (Å²) in [4.78, 5) is 24.8. The van der Waals surface area contributed by atoms with Gasteiger partial charge < -0.3 is 5.32 Å². The third kappa shape index (κ3) is 5.99. The van der Waals surface area contributed by atoms with Gasteiger partial charge in [-0.05, 0) is 61.0 Å². The lowest BCUT2D eigenvalue weighted by Gasteiger charge is -2.09. The molecule has 0 radical (unpaired) electrons. The van der Waals surface area contributed by atoms with Gasteiger partial charge in [-0.3, -0.25) is 9.59 Å². The monoisotopic (exact) mass is 493 g/mol. The second-order valence-corrected chi connectivity index (χ2v) is 8.08. The number of benzene rings is 3. The summed E-state index contributed by atoms with van der Waals surface area (Å²) in [6, 6.07) is 16.2. The van der Waals surface area contributed by atoms with Crippen molar-refractivity contribution in [3.8, 4) is 0 Å². The maximum atomic E-state index is 12.5. The summed E-state index contributed by atoms with van der Waals surface area (Å²) < 4.78 is 0. The first-order chi connectivity index (χ1) is 14.7. The Morgan fingerprint density at radius 1 is 0.774 bits per heavy atom. The van der Waals surface area contributed by atoms with Gasteiger partial charge in [0.1, 0.15) is 0 Å². The highest BCUT2D eigenvalue weighted by Crippen LogP contribution is 2.23. The Morgan fingerprint density at radius 2 is 1.55 bits per heavy atom. The predicted molar refractivity (Wildman–Crippen MR) is 127 cm³/mol. The molecular formula is C22H15Cl4N3O2. The lowest BCUT2D eigenvalue weighted by Crippen LogP contribution is -2.19. The van der Waals surface area contributed by atoms with E-state index in [1.165, 1.54) is 18.2 Å². The Labute approximate surface area is 199 Å². The van der Waals surface area contributed by atoms with Gasteiger partial charge in [0.2, 0.25) is 0 Å². The molecule has 0 saturated heterocycles. The number of hydrazone groups is 1. The molecule has 0 atom stereocenters. The molecule has 3 aromatic rings. The zero-order chi connectivity index (χ0) is 22.5. The first-order valence-electron chi connectivity index (χ1n) is 8.91. The number of halogens is 4. The van der Waals surface area contributed by atoms with Crippen LogP contribution < -0.4 is 10.7 Å². The van der Waals surface area contributed by atoms with Gasteiger partial charge in [-0.25, -0.2) is 5.43 Å². The summed E-state index contributed by atoms with van der Waals surface area (Å²) in [6.45, 7) is 1.73. The number of amides is 2. The third-order valence-electron chi connectivity index (χ3n) is 4.22. The van der Waals surface area contributed by atoms with E-state index in [2.05, 4.69) is 15.8 Å². The Balaban J connectivity index is 1.71. The summed E-state index contributed by atoms with van der Waals surface area (Å²) >= 11 is 23.8. The summed E-state index contributed by atoms with van der Waals surface area (Å²) in [5.74, 6) is -0.805. The Hall–Kier alpha value is -2.57. The van der Waals surface area contributed by atoms with Crippen LogP contribution in [0, 0.1) is 0 Å². The van der Waals surface area contributed by atoms with Crippen molar-refractivity contribution >= 4 is 69.6 Å². The molecule has 3 rings (SSSR count). The van der Waals surface area contributed by atoms with Crippen LogP contribution in [-0.2, 0) is 0 Å². The van der Waals surface area contributed by atoms with E-state index in [1.807, 2.05) is 0 Å². The molecule has 0 spiro atoms. The number of anilines is 1. The summed E-state index contributed by atoms with van der Waals surface area (Å²) in [7, 11) is 0. The van der Waals surface area contributed by atoms with Crippen LogP contribution in [0.2, 0.25) is 20.1 Å². The van der Waals surface area contributed by atoms with Gasteiger partial charge in [0, 0.05) is 16.3 Å². The SMILES string of the molecule is C/C(=N\NC(=O)c1ccc(Cl)c(Cl)c1)c1cccc(NC(=O)c2ccc(Cl)cc2Cl)c1. The molecule has 9 heteroatoms. The van der Waals surface area contributed by atoms with Crippen LogP contribution in [0.1, 0.15) is 33.2 Å². The standard InChI is InChI=1S/C22H15Cl4N3O2/c1-12(28-29-21(30)14-5-8-18(24)20(26)10-14)13-3-2-4-16(9-13)27-22(31)17-7-6-15(23)11-19(17)25/h2-11H,1H3,(H,27,31)(H,29,30)/b28-12+. The number of hydrogen-bond donors (Lipinski definition) is 2. The van der Waals surface area contributed by atoms with Crippen LogP contribution in [0.25, 0.3) is 0 Å². The molecule has 0 heterocycles. The van der Waals surface area contributed by atoms with Crippen LogP contribution in [0.5, 0.6) is 0 Å². The number of carbonyl (C=O) groups excluding carboxylic acids is 2. The van der Waals surface area contributed by atoms with Gasteiger partial charge in [-0.2, -0.15) is 5.10 Å². The van der Waals surface area contributed by atoms with Crippen LogP contribution in [-0.4, -0.2) is 17.5 Å². The quantitative estimate of drug-likeness (QED) is 0.305. The lowest BCUT2D eigenvalue weighted by molar-refractivity contribution is 0.0954. The van der Waals surface area contributed by atoms with Gasteiger partial charge in [-0.15, -0.1) is 0 Å². The molecule has 2 N–H and O–H groups in total. The summed E-state index contributed by atoms with van der Waals surface area (Å²) in [5.41, 5.74) is 4.88. The molecule has 3 aromatic carbocycles. The van der Waals surface area contributed by atoms with E-state index in [4.69, 9.17) is 46.4 Å². The molecule has 0 unspecified atom stereocenters. The zero-order valence-electron chi connectivity index (χ0n) is 16.0.